The summed E-state index contributed by atoms with van der Waals surface area (Å²) in [6.07, 6.45) is 3.00. The van der Waals surface area contributed by atoms with Crippen LogP contribution in [-0.2, 0) is 0 Å². The van der Waals surface area contributed by atoms with Gasteiger partial charge in [0.05, 0.1) is 5.69 Å². The molecule has 2 aromatic carbocycles. The highest BCUT2D eigenvalue weighted by atomic mass is 16.2. The van der Waals surface area contributed by atoms with Gasteiger partial charge < -0.3 is 0 Å². The molecule has 7 heteroatoms. The largest absolute Gasteiger partial charge is 0.269 e. The molecule has 7 nitrogen and oxygen atoms in total. The molecule has 1 aromatic heterocycles. The van der Waals surface area contributed by atoms with E-state index in [1.807, 2.05) is 26.0 Å². The SMILES string of the molecule is Cc1ccc(C(=O)NNC(=O)c2ccc(-n3cncn3)cc2)c(C)c1. The number of hydrogen-bond donors (Lipinski definition) is 2. The Morgan fingerprint density at radius 1 is 0.960 bits per heavy atom. The number of hydrogen-bond acceptors (Lipinski definition) is 4. The van der Waals surface area contributed by atoms with Crippen LogP contribution >= 0.6 is 0 Å². The van der Waals surface area contributed by atoms with E-state index in [4.69, 9.17) is 0 Å². The lowest BCUT2D eigenvalue weighted by atomic mass is 10.1. The normalized spacial score (nSPS) is 10.3. The minimum Gasteiger partial charge on any atom is -0.267 e. The molecule has 0 aliphatic carbocycles. The van der Waals surface area contributed by atoms with Gasteiger partial charge >= 0.3 is 0 Å². The van der Waals surface area contributed by atoms with E-state index in [0.29, 0.717) is 11.1 Å². The van der Waals surface area contributed by atoms with Crippen LogP contribution in [0.2, 0.25) is 0 Å². The minimum atomic E-state index is -0.400. The number of amides is 2. The van der Waals surface area contributed by atoms with Crippen molar-refractivity contribution in [2.45, 2.75) is 13.8 Å². The highest BCUT2D eigenvalue weighted by Gasteiger charge is 2.11. The summed E-state index contributed by atoms with van der Waals surface area (Å²) in [7, 11) is 0. The van der Waals surface area contributed by atoms with Gasteiger partial charge in [0, 0.05) is 11.1 Å². The molecule has 3 aromatic rings. The van der Waals surface area contributed by atoms with Crippen molar-refractivity contribution >= 4 is 11.8 Å². The van der Waals surface area contributed by atoms with E-state index < -0.39 is 5.91 Å². The Kier molecular flexibility index (Phi) is 4.56. The molecule has 0 aliphatic rings. The number of aromatic nitrogens is 3. The molecule has 0 atom stereocenters. The second-order valence-corrected chi connectivity index (χ2v) is 5.61. The minimum absolute atomic E-state index is 0.356. The summed E-state index contributed by atoms with van der Waals surface area (Å²) in [6, 6.07) is 12.3. The molecule has 0 saturated carbocycles. The van der Waals surface area contributed by atoms with Crippen LogP contribution in [0.25, 0.3) is 5.69 Å². The van der Waals surface area contributed by atoms with Crippen LogP contribution in [-0.4, -0.2) is 26.6 Å². The van der Waals surface area contributed by atoms with Crippen LogP contribution in [0.15, 0.2) is 55.1 Å². The van der Waals surface area contributed by atoms with Crippen molar-refractivity contribution in [1.82, 2.24) is 25.6 Å². The molecule has 2 amide bonds. The fourth-order valence-corrected chi connectivity index (χ4v) is 2.43. The van der Waals surface area contributed by atoms with Gasteiger partial charge in [-0.1, -0.05) is 17.7 Å². The van der Waals surface area contributed by atoms with Gasteiger partial charge in [-0.15, -0.1) is 0 Å². The van der Waals surface area contributed by atoms with Gasteiger partial charge in [0.25, 0.3) is 11.8 Å². The van der Waals surface area contributed by atoms with Crippen LogP contribution in [0.4, 0.5) is 0 Å². The molecule has 1 heterocycles. The molecule has 3 rings (SSSR count). The smallest absolute Gasteiger partial charge is 0.267 e. The molecule has 2 N–H and O–H groups in total. The number of nitrogens with zero attached hydrogens (tertiary/aromatic N) is 3. The Morgan fingerprint density at radius 2 is 1.68 bits per heavy atom. The summed E-state index contributed by atoms with van der Waals surface area (Å²) in [5.74, 6) is -0.756. The quantitative estimate of drug-likeness (QED) is 0.716. The summed E-state index contributed by atoms with van der Waals surface area (Å²) in [5.41, 5.74) is 8.51. The molecule has 0 radical (unpaired) electrons. The van der Waals surface area contributed by atoms with Crippen molar-refractivity contribution in [2.75, 3.05) is 0 Å². The fourth-order valence-electron chi connectivity index (χ4n) is 2.43. The van der Waals surface area contributed by atoms with Crippen LogP contribution in [0.1, 0.15) is 31.8 Å². The van der Waals surface area contributed by atoms with Crippen LogP contribution in [0.3, 0.4) is 0 Å². The van der Waals surface area contributed by atoms with E-state index in [0.717, 1.165) is 16.8 Å². The predicted molar refractivity (Wildman–Crippen MR) is 92.2 cm³/mol. The van der Waals surface area contributed by atoms with E-state index >= 15 is 0 Å². The summed E-state index contributed by atoms with van der Waals surface area (Å²) < 4.78 is 1.59. The van der Waals surface area contributed by atoms with Crippen molar-refractivity contribution in [1.29, 1.82) is 0 Å². The number of rotatable bonds is 3. The van der Waals surface area contributed by atoms with E-state index in [1.54, 1.807) is 41.3 Å². The molecular weight excluding hydrogens is 318 g/mol. The maximum Gasteiger partial charge on any atom is 0.269 e. The lowest BCUT2D eigenvalue weighted by Crippen LogP contribution is -2.41. The van der Waals surface area contributed by atoms with Gasteiger partial charge in [-0.05, 0) is 49.7 Å². The highest BCUT2D eigenvalue weighted by molar-refractivity contribution is 5.99. The Balaban J connectivity index is 1.63. The number of benzene rings is 2. The van der Waals surface area contributed by atoms with E-state index in [-0.39, 0.29) is 5.91 Å². The standard InChI is InChI=1S/C18H17N5O2/c1-12-3-8-16(13(2)9-12)18(25)22-21-17(24)14-4-6-15(7-5-14)23-11-19-10-20-23/h3-11H,1-2H3,(H,21,24)(H,22,25). The maximum absolute atomic E-state index is 12.2. The van der Waals surface area contributed by atoms with E-state index in [9.17, 15) is 9.59 Å². The topological polar surface area (TPSA) is 88.9 Å². The molecule has 0 saturated heterocycles. The predicted octanol–water partition coefficient (Wildman–Crippen LogP) is 1.96. The van der Waals surface area contributed by atoms with Crippen LogP contribution in [0, 0.1) is 13.8 Å². The van der Waals surface area contributed by atoms with Crippen LogP contribution < -0.4 is 10.9 Å². The Morgan fingerprint density at radius 3 is 2.32 bits per heavy atom. The molecule has 0 aliphatic heterocycles. The van der Waals surface area contributed by atoms with Crippen LogP contribution in [0.5, 0.6) is 0 Å². The van der Waals surface area contributed by atoms with Gasteiger partial charge in [0.15, 0.2) is 0 Å². The second kappa shape index (κ2) is 6.96. The number of carbonyl (C=O) groups is 2. The third-order valence-corrected chi connectivity index (χ3v) is 3.73. The molecule has 0 spiro atoms. The van der Waals surface area contributed by atoms with Crippen molar-refractivity contribution in [3.8, 4) is 5.69 Å². The van der Waals surface area contributed by atoms with Gasteiger partial charge in [-0.3, -0.25) is 20.4 Å². The first-order chi connectivity index (χ1) is 12.0. The second-order valence-electron chi connectivity index (χ2n) is 5.61. The molecule has 0 unspecified atom stereocenters. The first-order valence-electron chi connectivity index (χ1n) is 7.67. The summed E-state index contributed by atoms with van der Waals surface area (Å²) in [6.45, 7) is 3.81. The highest BCUT2D eigenvalue weighted by Crippen LogP contribution is 2.10. The Labute approximate surface area is 144 Å². The summed E-state index contributed by atoms with van der Waals surface area (Å²) >= 11 is 0. The number of nitrogens with one attached hydrogen (secondary N) is 2. The number of carbonyl (C=O) groups excluding carboxylic acids is 2. The van der Waals surface area contributed by atoms with Crippen molar-refractivity contribution in [2.24, 2.45) is 0 Å². The molecular formula is C18H17N5O2. The summed E-state index contributed by atoms with van der Waals surface area (Å²) in [5, 5.41) is 4.02. The van der Waals surface area contributed by atoms with Crippen molar-refractivity contribution in [3.63, 3.8) is 0 Å². The number of aryl methyl sites for hydroxylation is 2. The third kappa shape index (κ3) is 3.72. The lowest BCUT2D eigenvalue weighted by molar-refractivity contribution is 0.0846. The zero-order valence-electron chi connectivity index (χ0n) is 13.9. The lowest BCUT2D eigenvalue weighted by Gasteiger charge is -2.10. The number of hydrazine groups is 1. The van der Waals surface area contributed by atoms with Crippen molar-refractivity contribution in [3.05, 3.63) is 77.4 Å². The monoisotopic (exact) mass is 335 g/mol. The first-order valence-corrected chi connectivity index (χ1v) is 7.67. The summed E-state index contributed by atoms with van der Waals surface area (Å²) in [4.78, 5) is 28.2. The average molecular weight is 335 g/mol. The van der Waals surface area contributed by atoms with Crippen molar-refractivity contribution < 1.29 is 9.59 Å². The molecule has 0 fully saturated rings. The molecule has 25 heavy (non-hydrogen) atoms. The fraction of sp³-hybridized carbons (Fsp3) is 0.111. The van der Waals surface area contributed by atoms with E-state index in [1.165, 1.54) is 6.33 Å². The first kappa shape index (κ1) is 16.4. The van der Waals surface area contributed by atoms with Gasteiger partial charge in [0.1, 0.15) is 12.7 Å². The molecule has 126 valence electrons. The maximum atomic E-state index is 12.2. The zero-order valence-corrected chi connectivity index (χ0v) is 13.9. The Hall–Kier alpha value is -3.48. The van der Waals surface area contributed by atoms with Gasteiger partial charge in [0.2, 0.25) is 0 Å². The van der Waals surface area contributed by atoms with Gasteiger partial charge in [-0.25, -0.2) is 9.67 Å². The van der Waals surface area contributed by atoms with Gasteiger partial charge in [-0.2, -0.15) is 5.10 Å². The average Bonchev–Trinajstić information content (AvgIpc) is 3.14. The third-order valence-electron chi connectivity index (χ3n) is 3.73. The Bertz CT molecular complexity index is 902. The van der Waals surface area contributed by atoms with E-state index in [2.05, 4.69) is 20.9 Å². The zero-order chi connectivity index (χ0) is 17.8. The molecule has 0 bridgehead atoms.